The molecule has 0 spiro atoms. The predicted octanol–water partition coefficient (Wildman–Crippen LogP) is 8.68. The molecule has 0 fully saturated rings. The second-order valence-corrected chi connectivity index (χ2v) is 11.2. The van der Waals surface area contributed by atoms with Gasteiger partial charge in [0.05, 0.1) is 22.4 Å². The maximum absolute atomic E-state index is 14.3. The van der Waals surface area contributed by atoms with E-state index in [2.05, 4.69) is 0 Å². The number of nitrogens with zero attached hydrogens (tertiary/aromatic N) is 2. The van der Waals surface area contributed by atoms with Crippen LogP contribution in [-0.4, -0.2) is 9.13 Å². The van der Waals surface area contributed by atoms with Gasteiger partial charge in [-0.25, -0.2) is 0 Å². The van der Waals surface area contributed by atoms with Crippen molar-refractivity contribution in [3.05, 3.63) is 142 Å². The summed E-state index contributed by atoms with van der Waals surface area (Å²) in [5, 5.41) is 6.40. The SMILES string of the molecule is O=c1c2cccc3c(=O)n(-c4ccc5oc6ccccc6c5c4)c4cccc(c4c23)n1-c1ccc2oc3ccccc3c2c1. The maximum Gasteiger partial charge on any atom is 0.263 e. The summed E-state index contributed by atoms with van der Waals surface area (Å²) in [6, 6.07) is 38.7. The molecule has 0 saturated carbocycles. The Hall–Kier alpha value is -6.14. The standard InChI is InChI=1S/C38H20N2O4/c41-37-25-9-5-10-26-35(25)36-29(39(37)21-15-17-33-27(19-21)23-7-1-3-13-31(23)43-33)11-6-12-30(36)40(38(26)42)22-16-18-34-28(20-22)24-8-2-4-14-32(24)44-34/h1-20H. The largest absolute Gasteiger partial charge is 0.456 e. The molecule has 10 rings (SSSR count). The molecule has 0 amide bonds. The Labute approximate surface area is 247 Å². The molecule has 0 aliphatic carbocycles. The van der Waals surface area contributed by atoms with E-state index in [4.69, 9.17) is 8.83 Å². The number of rotatable bonds is 2. The number of para-hydroxylation sites is 2. The molecule has 6 nitrogen and oxygen atoms in total. The average molecular weight is 569 g/mol. The highest BCUT2D eigenvalue weighted by atomic mass is 16.3. The Morgan fingerprint density at radius 3 is 1.34 bits per heavy atom. The van der Waals surface area contributed by atoms with Crippen molar-refractivity contribution in [2.24, 2.45) is 0 Å². The predicted molar refractivity (Wildman–Crippen MR) is 176 cm³/mol. The minimum absolute atomic E-state index is 0.175. The van der Waals surface area contributed by atoms with Crippen LogP contribution in [0.25, 0.3) is 87.8 Å². The highest BCUT2D eigenvalue weighted by molar-refractivity contribution is 6.21. The first-order valence-corrected chi connectivity index (χ1v) is 14.4. The van der Waals surface area contributed by atoms with Gasteiger partial charge in [0.1, 0.15) is 22.3 Å². The summed E-state index contributed by atoms with van der Waals surface area (Å²) in [6.07, 6.45) is 0. The van der Waals surface area contributed by atoms with Gasteiger partial charge in [-0.1, -0.05) is 48.5 Å². The van der Waals surface area contributed by atoms with Gasteiger partial charge in [0.25, 0.3) is 11.1 Å². The molecule has 0 aliphatic heterocycles. The summed E-state index contributed by atoms with van der Waals surface area (Å²) in [5.74, 6) is 0. The van der Waals surface area contributed by atoms with Crippen molar-refractivity contribution in [3.63, 3.8) is 0 Å². The van der Waals surface area contributed by atoms with E-state index < -0.39 is 0 Å². The van der Waals surface area contributed by atoms with Crippen LogP contribution in [0.1, 0.15) is 0 Å². The number of aromatic nitrogens is 2. The zero-order chi connectivity index (χ0) is 29.1. The fourth-order valence-corrected chi connectivity index (χ4v) is 7.01. The van der Waals surface area contributed by atoms with Crippen molar-refractivity contribution >= 4 is 76.5 Å². The van der Waals surface area contributed by atoms with Gasteiger partial charge in [0, 0.05) is 43.1 Å². The molecule has 206 valence electrons. The zero-order valence-electron chi connectivity index (χ0n) is 23.1. The van der Waals surface area contributed by atoms with Crippen molar-refractivity contribution in [3.8, 4) is 11.4 Å². The number of pyridine rings is 2. The fourth-order valence-electron chi connectivity index (χ4n) is 7.01. The van der Waals surface area contributed by atoms with Crippen LogP contribution in [-0.2, 0) is 0 Å². The minimum Gasteiger partial charge on any atom is -0.456 e. The number of fused-ring (bicyclic) bond motifs is 6. The third kappa shape index (κ3) is 2.93. The molecule has 0 atom stereocenters. The van der Waals surface area contributed by atoms with Crippen LogP contribution >= 0.6 is 0 Å². The molecule has 44 heavy (non-hydrogen) atoms. The van der Waals surface area contributed by atoms with E-state index in [1.807, 2.05) is 115 Å². The molecule has 0 N–H and O–H groups in total. The van der Waals surface area contributed by atoms with Gasteiger partial charge in [0.2, 0.25) is 0 Å². The first kappa shape index (κ1) is 23.4. The van der Waals surface area contributed by atoms with Crippen LogP contribution in [0.3, 0.4) is 0 Å². The van der Waals surface area contributed by atoms with Crippen LogP contribution in [0, 0.1) is 0 Å². The summed E-state index contributed by atoms with van der Waals surface area (Å²) < 4.78 is 15.6. The molecular weight excluding hydrogens is 548 g/mol. The van der Waals surface area contributed by atoms with Gasteiger partial charge in [-0.05, 0) is 72.8 Å². The number of hydrogen-bond acceptors (Lipinski definition) is 4. The smallest absolute Gasteiger partial charge is 0.263 e. The van der Waals surface area contributed by atoms with E-state index in [-0.39, 0.29) is 11.1 Å². The molecular formula is C38H20N2O4. The normalized spacial score (nSPS) is 12.3. The highest BCUT2D eigenvalue weighted by Crippen LogP contribution is 2.36. The average Bonchev–Trinajstić information content (AvgIpc) is 3.62. The summed E-state index contributed by atoms with van der Waals surface area (Å²) in [5.41, 5.74) is 5.69. The molecule has 0 bridgehead atoms. The van der Waals surface area contributed by atoms with Crippen LogP contribution < -0.4 is 11.1 Å². The first-order chi connectivity index (χ1) is 21.7. The highest BCUT2D eigenvalue weighted by Gasteiger charge is 2.22. The zero-order valence-corrected chi connectivity index (χ0v) is 23.1. The lowest BCUT2D eigenvalue weighted by atomic mass is 9.99. The van der Waals surface area contributed by atoms with Gasteiger partial charge in [0.15, 0.2) is 0 Å². The second kappa shape index (κ2) is 8.24. The first-order valence-electron chi connectivity index (χ1n) is 14.4. The molecule has 0 radical (unpaired) electrons. The van der Waals surface area contributed by atoms with Gasteiger partial charge in [-0.3, -0.25) is 18.7 Å². The van der Waals surface area contributed by atoms with Crippen LogP contribution in [0.15, 0.2) is 140 Å². The quantitative estimate of drug-likeness (QED) is 0.196. The van der Waals surface area contributed by atoms with E-state index in [9.17, 15) is 9.59 Å². The maximum atomic E-state index is 14.3. The summed E-state index contributed by atoms with van der Waals surface area (Å²) in [4.78, 5) is 28.5. The van der Waals surface area contributed by atoms with Gasteiger partial charge in [-0.15, -0.1) is 0 Å². The Bertz CT molecular complexity index is 2750. The van der Waals surface area contributed by atoms with Gasteiger partial charge >= 0.3 is 0 Å². The van der Waals surface area contributed by atoms with E-state index >= 15 is 0 Å². The molecule has 6 heteroatoms. The lowest BCUT2D eigenvalue weighted by Crippen LogP contribution is -2.24. The third-order valence-electron chi connectivity index (χ3n) is 8.92. The van der Waals surface area contributed by atoms with Crippen molar-refractivity contribution < 1.29 is 8.83 Å². The van der Waals surface area contributed by atoms with Gasteiger partial charge < -0.3 is 8.83 Å². The Morgan fingerprint density at radius 2 is 0.818 bits per heavy atom. The Morgan fingerprint density at radius 1 is 0.386 bits per heavy atom. The second-order valence-electron chi connectivity index (χ2n) is 11.2. The molecule has 0 unspecified atom stereocenters. The monoisotopic (exact) mass is 568 g/mol. The Kier molecular flexibility index (Phi) is 4.39. The lowest BCUT2D eigenvalue weighted by Gasteiger charge is -2.19. The van der Waals surface area contributed by atoms with Gasteiger partial charge in [-0.2, -0.15) is 0 Å². The summed E-state index contributed by atoms with van der Waals surface area (Å²) in [7, 11) is 0. The van der Waals surface area contributed by atoms with Crippen molar-refractivity contribution in [2.45, 2.75) is 0 Å². The molecule has 0 aliphatic rings. The van der Waals surface area contributed by atoms with Crippen molar-refractivity contribution in [1.29, 1.82) is 0 Å². The molecule has 6 aromatic carbocycles. The van der Waals surface area contributed by atoms with E-state index in [1.54, 1.807) is 15.2 Å². The number of furan rings is 2. The molecule has 0 saturated heterocycles. The summed E-state index contributed by atoms with van der Waals surface area (Å²) in [6.45, 7) is 0. The van der Waals surface area contributed by atoms with E-state index in [0.29, 0.717) is 16.2 Å². The van der Waals surface area contributed by atoms with Crippen molar-refractivity contribution in [2.75, 3.05) is 0 Å². The van der Waals surface area contributed by atoms with Crippen molar-refractivity contribution in [1.82, 2.24) is 9.13 Å². The molecule has 10 aromatic rings. The topological polar surface area (TPSA) is 70.3 Å². The summed E-state index contributed by atoms with van der Waals surface area (Å²) >= 11 is 0. The number of hydrogen-bond donors (Lipinski definition) is 0. The molecule has 4 heterocycles. The minimum atomic E-state index is -0.175. The van der Waals surface area contributed by atoms with Crippen LogP contribution in [0.4, 0.5) is 0 Å². The van der Waals surface area contributed by atoms with E-state index in [0.717, 1.165) is 71.7 Å². The Balaban J connectivity index is 1.34. The third-order valence-corrected chi connectivity index (χ3v) is 8.92. The molecule has 4 aromatic heterocycles. The van der Waals surface area contributed by atoms with E-state index in [1.165, 1.54) is 0 Å². The van der Waals surface area contributed by atoms with Crippen LogP contribution in [0.2, 0.25) is 0 Å². The lowest BCUT2D eigenvalue weighted by molar-refractivity contribution is 0.668. The van der Waals surface area contributed by atoms with Crippen LogP contribution in [0.5, 0.6) is 0 Å². The number of benzene rings is 6. The fraction of sp³-hybridized carbons (Fsp3) is 0.